The fraction of sp³-hybridized carbons (Fsp3) is 0.647. The van der Waals surface area contributed by atoms with Crippen LogP contribution in [0.1, 0.15) is 50.5 Å². The topological polar surface area (TPSA) is 21.3 Å². The fourth-order valence-corrected chi connectivity index (χ4v) is 3.60. The summed E-state index contributed by atoms with van der Waals surface area (Å²) in [5.74, 6) is 0. The molecule has 0 bridgehead atoms. The maximum atomic E-state index is 6.39. The Morgan fingerprint density at radius 2 is 1.95 bits per heavy atom. The molecule has 1 unspecified atom stereocenters. The Labute approximate surface area is 116 Å². The minimum Gasteiger partial charge on any atom is -0.382 e. The summed E-state index contributed by atoms with van der Waals surface area (Å²) in [4.78, 5) is 0. The number of para-hydroxylation sites is 1. The van der Waals surface area contributed by atoms with Crippen LogP contribution >= 0.6 is 0 Å². The Kier molecular flexibility index (Phi) is 3.79. The summed E-state index contributed by atoms with van der Waals surface area (Å²) < 4.78 is 6.39. The van der Waals surface area contributed by atoms with E-state index in [1.54, 1.807) is 0 Å². The average Bonchev–Trinajstić information content (AvgIpc) is 2.82. The first kappa shape index (κ1) is 13.0. The van der Waals surface area contributed by atoms with Crippen molar-refractivity contribution >= 4 is 5.69 Å². The zero-order chi connectivity index (χ0) is 13.1. The number of rotatable bonds is 3. The Hall–Kier alpha value is -1.02. The summed E-state index contributed by atoms with van der Waals surface area (Å²) in [6, 6.07) is 8.48. The predicted molar refractivity (Wildman–Crippen MR) is 79.6 cm³/mol. The van der Waals surface area contributed by atoms with E-state index in [-0.39, 0.29) is 5.60 Å². The van der Waals surface area contributed by atoms with Crippen molar-refractivity contribution in [2.24, 2.45) is 0 Å². The molecule has 1 aliphatic carbocycles. The van der Waals surface area contributed by atoms with Gasteiger partial charge in [-0.25, -0.2) is 0 Å². The van der Waals surface area contributed by atoms with E-state index in [4.69, 9.17) is 4.74 Å². The molecular formula is C17H25NO. The van der Waals surface area contributed by atoms with Gasteiger partial charge in [-0.2, -0.15) is 0 Å². The van der Waals surface area contributed by atoms with Crippen LogP contribution in [0.25, 0.3) is 0 Å². The van der Waals surface area contributed by atoms with Gasteiger partial charge in [0.2, 0.25) is 0 Å². The van der Waals surface area contributed by atoms with Crippen molar-refractivity contribution in [3.05, 3.63) is 29.8 Å². The number of hydrogen-bond acceptors (Lipinski definition) is 2. The molecule has 104 valence electrons. The normalized spacial score (nSPS) is 25.6. The molecule has 2 fully saturated rings. The molecule has 1 aromatic rings. The van der Waals surface area contributed by atoms with Crippen molar-refractivity contribution in [3.8, 4) is 0 Å². The van der Waals surface area contributed by atoms with Crippen LogP contribution in [0.15, 0.2) is 24.3 Å². The van der Waals surface area contributed by atoms with Gasteiger partial charge in [0.1, 0.15) is 0 Å². The monoisotopic (exact) mass is 259 g/mol. The van der Waals surface area contributed by atoms with Crippen molar-refractivity contribution in [1.82, 2.24) is 0 Å². The van der Waals surface area contributed by atoms with Gasteiger partial charge in [0.25, 0.3) is 0 Å². The molecule has 19 heavy (non-hydrogen) atoms. The number of ether oxygens (including phenoxy) is 1. The Bertz CT molecular complexity index is 423. The van der Waals surface area contributed by atoms with Crippen LogP contribution in [0.5, 0.6) is 0 Å². The molecule has 1 saturated carbocycles. The van der Waals surface area contributed by atoms with Crippen molar-refractivity contribution in [2.75, 3.05) is 11.9 Å². The molecule has 1 aromatic carbocycles. The number of nitrogens with one attached hydrogen (secondary N) is 1. The summed E-state index contributed by atoms with van der Waals surface area (Å²) in [6.07, 6.45) is 9.58. The molecule has 2 aliphatic rings. The highest BCUT2D eigenvalue weighted by atomic mass is 16.5. The molecule has 1 N–H and O–H groups in total. The standard InChI is InChI=1S/C17H25NO/c1-14-7-3-4-8-16(14)18-13-15-9-12-17(19-15)10-5-2-6-11-17/h3-4,7-8,15,18H,2,5-6,9-13H2,1H3. The van der Waals surface area contributed by atoms with Gasteiger partial charge < -0.3 is 10.1 Å². The molecule has 0 radical (unpaired) electrons. The summed E-state index contributed by atoms with van der Waals surface area (Å²) >= 11 is 0. The van der Waals surface area contributed by atoms with Gasteiger partial charge in [-0.05, 0) is 44.2 Å². The van der Waals surface area contributed by atoms with Crippen LogP contribution in [-0.4, -0.2) is 18.2 Å². The second-order valence-corrected chi connectivity index (χ2v) is 6.22. The lowest BCUT2D eigenvalue weighted by atomic mass is 9.83. The quantitative estimate of drug-likeness (QED) is 0.874. The average molecular weight is 259 g/mol. The fourth-order valence-electron chi connectivity index (χ4n) is 3.60. The zero-order valence-electron chi connectivity index (χ0n) is 12.0. The first-order valence-corrected chi connectivity index (χ1v) is 7.75. The summed E-state index contributed by atoms with van der Waals surface area (Å²) in [7, 11) is 0. The van der Waals surface area contributed by atoms with Crippen molar-refractivity contribution < 1.29 is 4.74 Å². The lowest BCUT2D eigenvalue weighted by molar-refractivity contribution is -0.0588. The maximum Gasteiger partial charge on any atom is 0.0756 e. The second-order valence-electron chi connectivity index (χ2n) is 6.22. The van der Waals surface area contributed by atoms with E-state index in [1.165, 1.54) is 56.2 Å². The van der Waals surface area contributed by atoms with E-state index in [2.05, 4.69) is 36.5 Å². The minimum atomic E-state index is 0.246. The van der Waals surface area contributed by atoms with Gasteiger partial charge in [-0.15, -0.1) is 0 Å². The lowest BCUT2D eigenvalue weighted by Gasteiger charge is -2.33. The third-order valence-electron chi connectivity index (χ3n) is 4.77. The molecule has 1 spiro atoms. The van der Waals surface area contributed by atoms with Crippen molar-refractivity contribution in [2.45, 2.75) is 63.6 Å². The van der Waals surface area contributed by atoms with E-state index in [0.29, 0.717) is 6.10 Å². The number of aryl methyl sites for hydroxylation is 1. The van der Waals surface area contributed by atoms with Crippen molar-refractivity contribution in [1.29, 1.82) is 0 Å². The van der Waals surface area contributed by atoms with E-state index in [9.17, 15) is 0 Å². The molecule has 1 saturated heterocycles. The smallest absolute Gasteiger partial charge is 0.0756 e. The van der Waals surface area contributed by atoms with E-state index in [1.807, 2.05) is 0 Å². The highest BCUT2D eigenvalue weighted by molar-refractivity contribution is 5.50. The largest absolute Gasteiger partial charge is 0.382 e. The number of benzene rings is 1. The molecule has 3 rings (SSSR count). The Balaban J connectivity index is 1.53. The molecule has 0 aromatic heterocycles. The molecule has 1 atom stereocenters. The summed E-state index contributed by atoms with van der Waals surface area (Å²) in [5.41, 5.74) is 2.81. The summed E-state index contributed by atoms with van der Waals surface area (Å²) in [5, 5.41) is 3.55. The van der Waals surface area contributed by atoms with E-state index < -0.39 is 0 Å². The highest BCUT2D eigenvalue weighted by Gasteiger charge is 2.40. The van der Waals surface area contributed by atoms with E-state index >= 15 is 0 Å². The van der Waals surface area contributed by atoms with Crippen LogP contribution in [0, 0.1) is 6.92 Å². The van der Waals surface area contributed by atoms with Gasteiger partial charge >= 0.3 is 0 Å². The van der Waals surface area contributed by atoms with Gasteiger partial charge in [0.15, 0.2) is 0 Å². The zero-order valence-corrected chi connectivity index (χ0v) is 12.0. The first-order valence-electron chi connectivity index (χ1n) is 7.75. The van der Waals surface area contributed by atoms with Gasteiger partial charge in [-0.3, -0.25) is 0 Å². The second kappa shape index (κ2) is 5.54. The van der Waals surface area contributed by atoms with Crippen molar-refractivity contribution in [3.63, 3.8) is 0 Å². The van der Waals surface area contributed by atoms with Gasteiger partial charge in [0.05, 0.1) is 11.7 Å². The molecule has 2 heteroatoms. The van der Waals surface area contributed by atoms with Crippen LogP contribution in [0.3, 0.4) is 0 Å². The van der Waals surface area contributed by atoms with Gasteiger partial charge in [-0.1, -0.05) is 37.5 Å². The first-order chi connectivity index (χ1) is 9.27. The lowest BCUT2D eigenvalue weighted by Crippen LogP contribution is -2.33. The third kappa shape index (κ3) is 2.94. The van der Waals surface area contributed by atoms with Crippen LogP contribution < -0.4 is 5.32 Å². The SMILES string of the molecule is Cc1ccccc1NCC1CCC2(CCCCC2)O1. The molecule has 1 aliphatic heterocycles. The molecular weight excluding hydrogens is 234 g/mol. The third-order valence-corrected chi connectivity index (χ3v) is 4.77. The van der Waals surface area contributed by atoms with Crippen LogP contribution in [-0.2, 0) is 4.74 Å². The van der Waals surface area contributed by atoms with Crippen LogP contribution in [0.4, 0.5) is 5.69 Å². The Morgan fingerprint density at radius 3 is 2.74 bits per heavy atom. The number of anilines is 1. The van der Waals surface area contributed by atoms with Gasteiger partial charge in [0, 0.05) is 12.2 Å². The highest BCUT2D eigenvalue weighted by Crippen LogP contribution is 2.41. The van der Waals surface area contributed by atoms with E-state index in [0.717, 1.165) is 6.54 Å². The molecule has 1 heterocycles. The maximum absolute atomic E-state index is 6.39. The minimum absolute atomic E-state index is 0.246. The number of hydrogen-bond donors (Lipinski definition) is 1. The van der Waals surface area contributed by atoms with Crippen LogP contribution in [0.2, 0.25) is 0 Å². The summed E-state index contributed by atoms with van der Waals surface area (Å²) in [6.45, 7) is 3.10. The predicted octanol–water partition coefficient (Wildman–Crippen LogP) is 4.29. The Morgan fingerprint density at radius 1 is 1.16 bits per heavy atom. The molecule has 0 amide bonds. The molecule has 2 nitrogen and oxygen atoms in total.